The van der Waals surface area contributed by atoms with E-state index in [1.165, 1.54) is 24.2 Å². The molecule has 18 heavy (non-hydrogen) atoms. The molecule has 2 aromatic rings. The first-order chi connectivity index (χ1) is 8.54. The summed E-state index contributed by atoms with van der Waals surface area (Å²) in [4.78, 5) is 4.20. The third kappa shape index (κ3) is 2.35. The van der Waals surface area contributed by atoms with Gasteiger partial charge in [0.05, 0.1) is 16.0 Å². The largest absolute Gasteiger partial charge is 0.399 e. The molecule has 1 fully saturated rings. The fourth-order valence-corrected chi connectivity index (χ4v) is 4.70. The van der Waals surface area contributed by atoms with Crippen LogP contribution in [0, 0.1) is 5.92 Å². The molecule has 96 valence electrons. The van der Waals surface area contributed by atoms with Gasteiger partial charge in [-0.2, -0.15) is 0 Å². The number of benzene rings is 1. The number of nitrogens with zero attached hydrogens (tertiary/aromatic N) is 1. The molecule has 4 nitrogen and oxygen atoms in total. The normalized spacial score (nSPS) is 16.2. The molecule has 0 amide bonds. The van der Waals surface area contributed by atoms with Gasteiger partial charge in [-0.05, 0) is 30.5 Å². The van der Waals surface area contributed by atoms with Crippen LogP contribution in [0.15, 0.2) is 22.5 Å². The number of thiazole rings is 1. The zero-order valence-corrected chi connectivity index (χ0v) is 11.4. The predicted molar refractivity (Wildman–Crippen MR) is 73.4 cm³/mol. The van der Waals surface area contributed by atoms with E-state index in [0.717, 1.165) is 11.1 Å². The van der Waals surface area contributed by atoms with Crippen molar-refractivity contribution in [3.63, 3.8) is 0 Å². The fraction of sp³-hybridized carbons (Fsp3) is 0.417. The van der Waals surface area contributed by atoms with Gasteiger partial charge in [0.15, 0.2) is 0 Å². The molecular weight excluding hydrogens is 268 g/mol. The molecule has 2 N–H and O–H groups in total. The maximum Gasteiger partial charge on any atom is 0.210 e. The van der Waals surface area contributed by atoms with E-state index < -0.39 is 9.84 Å². The number of rotatable bonds is 4. The number of fused-ring (bicyclic) bond motifs is 1. The molecule has 1 heterocycles. The zero-order chi connectivity index (χ0) is 12.8. The average Bonchev–Trinajstić information content (AvgIpc) is 3.05. The molecule has 1 aromatic heterocycles. The van der Waals surface area contributed by atoms with Gasteiger partial charge in [0.2, 0.25) is 14.2 Å². The van der Waals surface area contributed by atoms with E-state index in [2.05, 4.69) is 4.98 Å². The van der Waals surface area contributed by atoms with E-state index in [0.29, 0.717) is 17.1 Å². The summed E-state index contributed by atoms with van der Waals surface area (Å²) >= 11 is 1.21. The van der Waals surface area contributed by atoms with Crippen LogP contribution in [0.3, 0.4) is 0 Å². The quantitative estimate of drug-likeness (QED) is 0.874. The van der Waals surface area contributed by atoms with Gasteiger partial charge in [0, 0.05) is 5.69 Å². The second-order valence-electron chi connectivity index (χ2n) is 4.76. The van der Waals surface area contributed by atoms with Gasteiger partial charge in [-0.15, -0.1) is 11.3 Å². The standard InChI is InChI=1S/C12H14N2O2S2/c13-9-3-4-10-11(7-9)17-12(14-10)18(15,16)6-5-8-1-2-8/h3-4,7-8H,1-2,5-6,13H2. The Hall–Kier alpha value is -1.14. The predicted octanol–water partition coefficient (Wildman–Crippen LogP) is 2.45. The highest BCUT2D eigenvalue weighted by atomic mass is 32.2. The average molecular weight is 282 g/mol. The van der Waals surface area contributed by atoms with E-state index in [1.54, 1.807) is 18.2 Å². The van der Waals surface area contributed by atoms with Crippen LogP contribution in [0.4, 0.5) is 5.69 Å². The van der Waals surface area contributed by atoms with Gasteiger partial charge in [-0.1, -0.05) is 12.8 Å². The summed E-state index contributed by atoms with van der Waals surface area (Å²) < 4.78 is 25.3. The minimum Gasteiger partial charge on any atom is -0.399 e. The number of nitrogens with two attached hydrogens (primary N) is 1. The first-order valence-electron chi connectivity index (χ1n) is 5.93. The van der Waals surface area contributed by atoms with Crippen molar-refractivity contribution >= 4 is 37.1 Å². The second kappa shape index (κ2) is 4.20. The van der Waals surface area contributed by atoms with Gasteiger partial charge in [0.25, 0.3) is 0 Å². The molecule has 1 aromatic carbocycles. The number of hydrogen-bond acceptors (Lipinski definition) is 5. The summed E-state index contributed by atoms with van der Waals surface area (Å²) in [5.41, 5.74) is 7.02. The van der Waals surface area contributed by atoms with Crippen LogP contribution in [0.5, 0.6) is 0 Å². The van der Waals surface area contributed by atoms with Crippen LogP contribution in [0.2, 0.25) is 0 Å². The lowest BCUT2D eigenvalue weighted by atomic mass is 10.3. The number of aromatic nitrogens is 1. The van der Waals surface area contributed by atoms with E-state index in [1.807, 2.05) is 0 Å². The minimum atomic E-state index is -3.22. The minimum absolute atomic E-state index is 0.215. The van der Waals surface area contributed by atoms with E-state index in [4.69, 9.17) is 5.73 Å². The monoisotopic (exact) mass is 282 g/mol. The topological polar surface area (TPSA) is 73.0 Å². The Morgan fingerprint density at radius 2 is 2.17 bits per heavy atom. The third-order valence-electron chi connectivity index (χ3n) is 3.15. The molecular formula is C12H14N2O2S2. The van der Waals surface area contributed by atoms with Crippen LogP contribution < -0.4 is 5.73 Å². The second-order valence-corrected chi connectivity index (χ2v) is 8.07. The van der Waals surface area contributed by atoms with Gasteiger partial charge in [0.1, 0.15) is 0 Å². The van der Waals surface area contributed by atoms with Crippen LogP contribution in [-0.4, -0.2) is 19.2 Å². The maximum absolute atomic E-state index is 12.1. The van der Waals surface area contributed by atoms with E-state index in [9.17, 15) is 8.42 Å². The Morgan fingerprint density at radius 3 is 2.89 bits per heavy atom. The molecule has 0 aliphatic heterocycles. The highest BCUT2D eigenvalue weighted by Crippen LogP contribution is 2.34. The van der Waals surface area contributed by atoms with Crippen molar-refractivity contribution in [2.24, 2.45) is 5.92 Å². The molecule has 1 aliphatic carbocycles. The summed E-state index contributed by atoms with van der Waals surface area (Å²) in [6.07, 6.45) is 3.11. The molecule has 0 bridgehead atoms. The summed E-state index contributed by atoms with van der Waals surface area (Å²) in [7, 11) is -3.22. The first kappa shape index (κ1) is 11.9. The van der Waals surface area contributed by atoms with Crippen molar-refractivity contribution in [1.82, 2.24) is 4.98 Å². The van der Waals surface area contributed by atoms with Crippen LogP contribution in [0.1, 0.15) is 19.3 Å². The zero-order valence-electron chi connectivity index (χ0n) is 9.80. The highest BCUT2D eigenvalue weighted by Gasteiger charge is 2.26. The Morgan fingerprint density at radius 1 is 1.39 bits per heavy atom. The molecule has 1 aliphatic rings. The SMILES string of the molecule is Nc1ccc2nc(S(=O)(=O)CCC3CC3)sc2c1. The van der Waals surface area contributed by atoms with Crippen molar-refractivity contribution in [2.45, 2.75) is 23.6 Å². The molecule has 6 heteroatoms. The fourth-order valence-electron chi connectivity index (χ4n) is 1.87. The molecule has 0 saturated heterocycles. The smallest absolute Gasteiger partial charge is 0.210 e. The maximum atomic E-state index is 12.1. The van der Waals surface area contributed by atoms with Gasteiger partial charge < -0.3 is 5.73 Å². The Kier molecular flexibility index (Phi) is 2.79. The Balaban J connectivity index is 1.92. The van der Waals surface area contributed by atoms with Crippen molar-refractivity contribution in [1.29, 1.82) is 0 Å². The lowest BCUT2D eigenvalue weighted by molar-refractivity contribution is 0.590. The molecule has 1 saturated carbocycles. The third-order valence-corrected chi connectivity index (χ3v) is 6.37. The van der Waals surface area contributed by atoms with Crippen LogP contribution >= 0.6 is 11.3 Å². The number of sulfone groups is 1. The lowest BCUT2D eigenvalue weighted by Crippen LogP contribution is -2.06. The Bertz CT molecular complexity index is 687. The summed E-state index contributed by atoms with van der Waals surface area (Å²) in [5, 5.41) is 0. The summed E-state index contributed by atoms with van der Waals surface area (Å²) in [6.45, 7) is 0. The van der Waals surface area contributed by atoms with Crippen molar-refractivity contribution < 1.29 is 8.42 Å². The van der Waals surface area contributed by atoms with Crippen LogP contribution in [0.25, 0.3) is 10.2 Å². The molecule has 3 rings (SSSR count). The number of nitrogen functional groups attached to an aromatic ring is 1. The molecule has 0 atom stereocenters. The summed E-state index contributed by atoms with van der Waals surface area (Å²) in [6, 6.07) is 5.27. The van der Waals surface area contributed by atoms with Crippen molar-refractivity contribution in [3.05, 3.63) is 18.2 Å². The molecule has 0 radical (unpaired) electrons. The molecule has 0 unspecified atom stereocenters. The molecule has 0 spiro atoms. The summed E-state index contributed by atoms with van der Waals surface area (Å²) in [5.74, 6) is 0.831. The lowest BCUT2D eigenvalue weighted by Gasteiger charge is -1.98. The van der Waals surface area contributed by atoms with Gasteiger partial charge in [-0.25, -0.2) is 13.4 Å². The van der Waals surface area contributed by atoms with E-state index >= 15 is 0 Å². The van der Waals surface area contributed by atoms with Crippen LogP contribution in [-0.2, 0) is 9.84 Å². The van der Waals surface area contributed by atoms with Gasteiger partial charge >= 0.3 is 0 Å². The Labute approximate surface area is 110 Å². The van der Waals surface area contributed by atoms with E-state index in [-0.39, 0.29) is 10.1 Å². The van der Waals surface area contributed by atoms with Crippen molar-refractivity contribution in [2.75, 3.05) is 11.5 Å². The van der Waals surface area contributed by atoms with Crippen molar-refractivity contribution in [3.8, 4) is 0 Å². The number of hydrogen-bond donors (Lipinski definition) is 1. The highest BCUT2D eigenvalue weighted by molar-refractivity contribution is 7.93. The first-order valence-corrected chi connectivity index (χ1v) is 8.40. The number of anilines is 1. The van der Waals surface area contributed by atoms with Gasteiger partial charge in [-0.3, -0.25) is 0 Å².